The fourth-order valence-electron chi connectivity index (χ4n) is 2.40. The van der Waals surface area contributed by atoms with Crippen LogP contribution < -0.4 is 5.32 Å². The van der Waals surface area contributed by atoms with E-state index in [9.17, 15) is 8.78 Å². The summed E-state index contributed by atoms with van der Waals surface area (Å²) in [6.07, 6.45) is 0.346. The molecule has 0 aliphatic carbocycles. The molecular formula is C13H17BrF2N2. The van der Waals surface area contributed by atoms with Crippen LogP contribution in [0.15, 0.2) is 22.7 Å². The summed E-state index contributed by atoms with van der Waals surface area (Å²) < 4.78 is 27.4. The quantitative estimate of drug-likeness (QED) is 0.918. The van der Waals surface area contributed by atoms with Crippen molar-refractivity contribution in [3.8, 4) is 0 Å². The summed E-state index contributed by atoms with van der Waals surface area (Å²) in [5, 5.41) is 3.25. The van der Waals surface area contributed by atoms with Crippen molar-refractivity contribution in [3.63, 3.8) is 0 Å². The van der Waals surface area contributed by atoms with Crippen molar-refractivity contribution in [3.05, 3.63) is 34.1 Å². The maximum absolute atomic E-state index is 14.0. The summed E-state index contributed by atoms with van der Waals surface area (Å²) in [5.41, 5.74) is 0.595. The molecule has 1 fully saturated rings. The first-order valence-electron chi connectivity index (χ1n) is 6.18. The molecule has 100 valence electrons. The second-order valence-corrected chi connectivity index (χ2v) is 5.36. The van der Waals surface area contributed by atoms with Crippen LogP contribution in [0.3, 0.4) is 0 Å². The molecule has 1 N–H and O–H groups in total. The minimum atomic E-state index is -0.426. The molecule has 18 heavy (non-hydrogen) atoms. The van der Waals surface area contributed by atoms with Gasteiger partial charge in [-0.3, -0.25) is 9.29 Å². The van der Waals surface area contributed by atoms with Crippen LogP contribution in [0.1, 0.15) is 18.0 Å². The SMILES string of the molecule is FCC[C@@H](c1ccc(Br)cc1F)N1CCNCC1. The molecule has 1 atom stereocenters. The third kappa shape index (κ3) is 3.28. The molecule has 0 unspecified atom stereocenters. The molecule has 2 nitrogen and oxygen atoms in total. The summed E-state index contributed by atoms with van der Waals surface area (Å²) in [6.45, 7) is 2.99. The highest BCUT2D eigenvalue weighted by molar-refractivity contribution is 9.10. The number of rotatable bonds is 4. The molecule has 1 saturated heterocycles. The normalized spacial score (nSPS) is 18.8. The molecule has 1 aromatic rings. The molecule has 0 saturated carbocycles. The van der Waals surface area contributed by atoms with E-state index in [1.54, 1.807) is 6.07 Å². The summed E-state index contributed by atoms with van der Waals surface area (Å²) in [6, 6.07) is 4.85. The minimum Gasteiger partial charge on any atom is -0.314 e. The fourth-order valence-corrected chi connectivity index (χ4v) is 2.74. The van der Waals surface area contributed by atoms with Gasteiger partial charge < -0.3 is 5.32 Å². The number of benzene rings is 1. The monoisotopic (exact) mass is 318 g/mol. The van der Waals surface area contributed by atoms with E-state index < -0.39 is 6.67 Å². The largest absolute Gasteiger partial charge is 0.314 e. The van der Waals surface area contributed by atoms with Crippen molar-refractivity contribution in [1.29, 1.82) is 0 Å². The van der Waals surface area contributed by atoms with Crippen molar-refractivity contribution in [2.24, 2.45) is 0 Å². The summed E-state index contributed by atoms with van der Waals surface area (Å²) in [4.78, 5) is 2.16. The summed E-state index contributed by atoms with van der Waals surface area (Å²) >= 11 is 3.24. The molecule has 0 radical (unpaired) electrons. The van der Waals surface area contributed by atoms with Gasteiger partial charge in [0, 0.05) is 42.3 Å². The Hall–Kier alpha value is -0.520. The van der Waals surface area contributed by atoms with Crippen molar-refractivity contribution < 1.29 is 8.78 Å². The number of alkyl halides is 1. The maximum atomic E-state index is 14.0. The van der Waals surface area contributed by atoms with Crippen LogP contribution >= 0.6 is 15.9 Å². The first kappa shape index (κ1) is 13.9. The second-order valence-electron chi connectivity index (χ2n) is 4.45. The number of piperazine rings is 1. The van der Waals surface area contributed by atoms with Gasteiger partial charge in [0.05, 0.1) is 6.67 Å². The number of halogens is 3. The molecule has 0 aromatic heterocycles. The average molecular weight is 319 g/mol. The Kier molecular flexibility index (Phi) is 5.09. The standard InChI is InChI=1S/C13H17BrF2N2/c14-10-1-2-11(12(16)9-10)13(3-4-15)18-7-5-17-6-8-18/h1-2,9,13,17H,3-8H2/t13-/m0/s1. The molecule has 0 amide bonds. The molecule has 1 aliphatic heterocycles. The van der Waals surface area contributed by atoms with E-state index in [1.807, 2.05) is 6.07 Å². The molecular weight excluding hydrogens is 302 g/mol. The zero-order valence-electron chi connectivity index (χ0n) is 10.1. The van der Waals surface area contributed by atoms with Gasteiger partial charge in [-0.2, -0.15) is 0 Å². The van der Waals surface area contributed by atoms with Gasteiger partial charge in [-0.15, -0.1) is 0 Å². The Morgan fingerprint density at radius 3 is 2.67 bits per heavy atom. The van der Waals surface area contributed by atoms with Crippen LogP contribution in [-0.4, -0.2) is 37.8 Å². The van der Waals surface area contributed by atoms with Gasteiger partial charge in [0.1, 0.15) is 5.82 Å². The highest BCUT2D eigenvalue weighted by atomic mass is 79.9. The molecule has 2 rings (SSSR count). The Labute approximate surface area is 114 Å². The first-order chi connectivity index (χ1) is 8.72. The van der Waals surface area contributed by atoms with Crippen molar-refractivity contribution in [2.45, 2.75) is 12.5 Å². The van der Waals surface area contributed by atoms with E-state index in [4.69, 9.17) is 0 Å². The van der Waals surface area contributed by atoms with Gasteiger partial charge in [-0.25, -0.2) is 4.39 Å². The van der Waals surface area contributed by atoms with Gasteiger partial charge in [0.2, 0.25) is 0 Å². The number of nitrogens with zero attached hydrogens (tertiary/aromatic N) is 1. The lowest BCUT2D eigenvalue weighted by Gasteiger charge is -2.35. The van der Waals surface area contributed by atoms with Gasteiger partial charge in [-0.1, -0.05) is 22.0 Å². The minimum absolute atomic E-state index is 0.162. The lowest BCUT2D eigenvalue weighted by atomic mass is 10.0. The topological polar surface area (TPSA) is 15.3 Å². The van der Waals surface area contributed by atoms with E-state index in [0.717, 1.165) is 26.2 Å². The highest BCUT2D eigenvalue weighted by Crippen LogP contribution is 2.28. The van der Waals surface area contributed by atoms with Crippen LogP contribution in [0, 0.1) is 5.82 Å². The zero-order valence-corrected chi connectivity index (χ0v) is 11.7. The lowest BCUT2D eigenvalue weighted by molar-refractivity contribution is 0.154. The fraction of sp³-hybridized carbons (Fsp3) is 0.538. The molecule has 1 aliphatic rings. The Bertz CT molecular complexity index is 395. The zero-order chi connectivity index (χ0) is 13.0. The smallest absolute Gasteiger partial charge is 0.129 e. The Morgan fingerprint density at radius 1 is 1.33 bits per heavy atom. The van der Waals surface area contributed by atoms with E-state index in [1.165, 1.54) is 6.07 Å². The lowest BCUT2D eigenvalue weighted by Crippen LogP contribution is -2.45. The maximum Gasteiger partial charge on any atom is 0.129 e. The molecule has 1 heterocycles. The van der Waals surface area contributed by atoms with Gasteiger partial charge in [0.25, 0.3) is 0 Å². The van der Waals surface area contributed by atoms with E-state index in [2.05, 4.69) is 26.1 Å². The average Bonchev–Trinajstić information content (AvgIpc) is 2.38. The van der Waals surface area contributed by atoms with E-state index in [-0.39, 0.29) is 11.9 Å². The molecule has 1 aromatic carbocycles. The van der Waals surface area contributed by atoms with Crippen molar-refractivity contribution in [1.82, 2.24) is 10.2 Å². The summed E-state index contributed by atoms with van der Waals surface area (Å²) in [7, 11) is 0. The van der Waals surface area contributed by atoms with Crippen molar-refractivity contribution in [2.75, 3.05) is 32.9 Å². The van der Waals surface area contributed by atoms with Crippen molar-refractivity contribution >= 4 is 15.9 Å². The second kappa shape index (κ2) is 6.59. The van der Waals surface area contributed by atoms with Crippen LogP contribution in [0.4, 0.5) is 8.78 Å². The molecule has 0 spiro atoms. The first-order valence-corrected chi connectivity index (χ1v) is 6.97. The van der Waals surface area contributed by atoms with Crippen LogP contribution in [0.5, 0.6) is 0 Å². The van der Waals surface area contributed by atoms with Crippen LogP contribution in [0.2, 0.25) is 0 Å². The molecule has 0 bridgehead atoms. The summed E-state index contributed by atoms with van der Waals surface area (Å²) in [5.74, 6) is -0.263. The number of nitrogens with one attached hydrogen (secondary N) is 1. The molecule has 5 heteroatoms. The van der Waals surface area contributed by atoms with Gasteiger partial charge in [-0.05, 0) is 18.6 Å². The van der Waals surface area contributed by atoms with E-state index in [0.29, 0.717) is 16.5 Å². The highest BCUT2D eigenvalue weighted by Gasteiger charge is 2.24. The van der Waals surface area contributed by atoms with Gasteiger partial charge >= 0.3 is 0 Å². The Balaban J connectivity index is 2.22. The predicted molar refractivity (Wildman–Crippen MR) is 71.9 cm³/mol. The van der Waals surface area contributed by atoms with Gasteiger partial charge in [0.15, 0.2) is 0 Å². The van der Waals surface area contributed by atoms with E-state index >= 15 is 0 Å². The van der Waals surface area contributed by atoms with Crippen LogP contribution in [0.25, 0.3) is 0 Å². The Morgan fingerprint density at radius 2 is 2.06 bits per heavy atom. The number of hydrogen-bond donors (Lipinski definition) is 1. The third-order valence-corrected chi connectivity index (χ3v) is 3.79. The third-order valence-electron chi connectivity index (χ3n) is 3.30. The van der Waals surface area contributed by atoms with Crippen LogP contribution in [-0.2, 0) is 0 Å². The number of hydrogen-bond acceptors (Lipinski definition) is 2. The predicted octanol–water partition coefficient (Wildman–Crippen LogP) is 2.89.